The van der Waals surface area contributed by atoms with Gasteiger partial charge in [-0.15, -0.1) is 0 Å². The average molecular weight is 214 g/mol. The maximum absolute atomic E-state index is 11.6. The van der Waals surface area contributed by atoms with E-state index in [-0.39, 0.29) is 22.0 Å². The van der Waals surface area contributed by atoms with Gasteiger partial charge < -0.3 is 4.74 Å². The monoisotopic (exact) mass is 214 g/mol. The van der Waals surface area contributed by atoms with Gasteiger partial charge in [0.15, 0.2) is 16.6 Å². The second kappa shape index (κ2) is 3.77. The Labute approximate surface area is 88.8 Å². The van der Waals surface area contributed by atoms with E-state index in [1.54, 1.807) is 0 Å². The van der Waals surface area contributed by atoms with E-state index in [0.717, 1.165) is 0 Å². The summed E-state index contributed by atoms with van der Waals surface area (Å²) in [5.74, 6) is -1.03. The maximum Gasteiger partial charge on any atom is 0.177 e. The van der Waals surface area contributed by atoms with Crippen molar-refractivity contribution in [1.82, 2.24) is 0 Å². The Bertz CT molecular complexity index is 274. The molecule has 0 aromatic carbocycles. The van der Waals surface area contributed by atoms with Crippen LogP contribution in [0.2, 0.25) is 0 Å². The average Bonchev–Trinajstić information content (AvgIpc) is 1.99. The van der Waals surface area contributed by atoms with Crippen LogP contribution in [0.1, 0.15) is 26.7 Å². The number of ether oxygens (including phenoxy) is 1. The van der Waals surface area contributed by atoms with Gasteiger partial charge in [-0.1, -0.05) is 13.8 Å². The molecule has 0 bridgehead atoms. The molecule has 0 aliphatic heterocycles. The molecule has 0 aromatic heterocycles. The molecular weight excluding hydrogens is 200 g/mol. The number of rotatable bonds is 1. The normalized spacial score (nSPS) is 22.2. The summed E-state index contributed by atoms with van der Waals surface area (Å²) < 4.78 is 4.79. The highest BCUT2D eigenvalue weighted by atomic mass is 32.1. The van der Waals surface area contributed by atoms with Gasteiger partial charge in [0.25, 0.3) is 0 Å². The van der Waals surface area contributed by atoms with Crippen molar-refractivity contribution in [3.8, 4) is 0 Å². The van der Waals surface area contributed by atoms with Crippen LogP contribution < -0.4 is 0 Å². The van der Waals surface area contributed by atoms with Gasteiger partial charge in [0, 0.05) is 12.8 Å². The van der Waals surface area contributed by atoms with E-state index in [1.165, 1.54) is 7.11 Å². The van der Waals surface area contributed by atoms with Crippen molar-refractivity contribution < 1.29 is 14.3 Å². The molecular formula is C10H14O3S. The van der Waals surface area contributed by atoms with Crippen LogP contribution in [0.3, 0.4) is 0 Å². The number of ketones is 2. The third-order valence-corrected chi connectivity index (χ3v) is 2.79. The topological polar surface area (TPSA) is 43.4 Å². The molecule has 78 valence electrons. The van der Waals surface area contributed by atoms with Gasteiger partial charge in [-0.3, -0.25) is 9.59 Å². The minimum atomic E-state index is -0.803. The van der Waals surface area contributed by atoms with Crippen LogP contribution >= 0.6 is 12.2 Å². The number of hydrogen-bond donors (Lipinski definition) is 0. The summed E-state index contributed by atoms with van der Waals surface area (Å²) in [7, 11) is 1.39. The molecule has 0 aromatic rings. The van der Waals surface area contributed by atoms with E-state index in [4.69, 9.17) is 17.0 Å². The molecule has 0 saturated heterocycles. The van der Waals surface area contributed by atoms with Crippen LogP contribution in [0.5, 0.6) is 0 Å². The smallest absolute Gasteiger partial charge is 0.177 e. The summed E-state index contributed by atoms with van der Waals surface area (Å²) in [5.41, 5.74) is -0.228. The van der Waals surface area contributed by atoms with E-state index in [9.17, 15) is 9.59 Å². The summed E-state index contributed by atoms with van der Waals surface area (Å²) >= 11 is 4.84. The zero-order valence-electron chi connectivity index (χ0n) is 8.62. The number of Topliss-reactive ketones (excluding diaryl/α,β-unsaturated/α-hetero) is 2. The number of carbonyl (C=O) groups is 2. The molecule has 1 aliphatic carbocycles. The quantitative estimate of drug-likeness (QED) is 0.490. The minimum Gasteiger partial charge on any atom is -0.489 e. The van der Waals surface area contributed by atoms with Crippen molar-refractivity contribution in [2.75, 3.05) is 7.11 Å². The van der Waals surface area contributed by atoms with E-state index < -0.39 is 5.92 Å². The molecule has 14 heavy (non-hydrogen) atoms. The molecule has 3 nitrogen and oxygen atoms in total. The largest absolute Gasteiger partial charge is 0.489 e. The molecule has 0 radical (unpaired) electrons. The molecule has 0 heterocycles. The Kier molecular flexibility index (Phi) is 3.04. The Morgan fingerprint density at radius 3 is 2.14 bits per heavy atom. The highest BCUT2D eigenvalue weighted by Gasteiger charge is 2.42. The van der Waals surface area contributed by atoms with Crippen molar-refractivity contribution in [2.45, 2.75) is 26.7 Å². The Morgan fingerprint density at radius 2 is 1.79 bits per heavy atom. The third kappa shape index (κ3) is 2.18. The molecule has 0 unspecified atom stereocenters. The third-order valence-electron chi connectivity index (χ3n) is 2.39. The Balaban J connectivity index is 2.87. The minimum absolute atomic E-state index is 0.107. The van der Waals surface area contributed by atoms with Gasteiger partial charge in [-0.05, 0) is 17.6 Å². The Hall–Kier alpha value is -0.770. The van der Waals surface area contributed by atoms with Crippen LogP contribution in [0, 0.1) is 11.3 Å². The lowest BCUT2D eigenvalue weighted by Gasteiger charge is -2.31. The first-order valence-corrected chi connectivity index (χ1v) is 4.91. The maximum atomic E-state index is 11.6. The van der Waals surface area contributed by atoms with E-state index in [1.807, 2.05) is 13.8 Å². The predicted octanol–water partition coefficient (Wildman–Crippen LogP) is 1.53. The standard InChI is InChI=1S/C10H14O3S/c1-10(2)4-6(11)8(7(12)5-10)9(14)13-3/h8H,4-5H2,1-3H3. The fourth-order valence-corrected chi connectivity index (χ4v) is 2.03. The predicted molar refractivity (Wildman–Crippen MR) is 56.1 cm³/mol. The molecule has 0 amide bonds. The van der Waals surface area contributed by atoms with Crippen LogP contribution in [-0.4, -0.2) is 23.7 Å². The molecule has 0 spiro atoms. The first-order valence-electron chi connectivity index (χ1n) is 4.50. The van der Waals surface area contributed by atoms with Gasteiger partial charge >= 0.3 is 0 Å². The van der Waals surface area contributed by atoms with Gasteiger partial charge in [0.1, 0.15) is 5.92 Å². The first-order chi connectivity index (χ1) is 6.37. The Morgan fingerprint density at radius 1 is 1.36 bits per heavy atom. The zero-order chi connectivity index (χ0) is 10.9. The van der Waals surface area contributed by atoms with Crippen LogP contribution in [-0.2, 0) is 14.3 Å². The van der Waals surface area contributed by atoms with Crippen molar-refractivity contribution >= 4 is 28.8 Å². The second-order valence-electron chi connectivity index (χ2n) is 4.41. The van der Waals surface area contributed by atoms with Gasteiger partial charge in [-0.2, -0.15) is 0 Å². The highest BCUT2D eigenvalue weighted by molar-refractivity contribution is 7.80. The highest BCUT2D eigenvalue weighted by Crippen LogP contribution is 2.34. The molecule has 4 heteroatoms. The van der Waals surface area contributed by atoms with Crippen LogP contribution in [0.15, 0.2) is 0 Å². The van der Waals surface area contributed by atoms with Crippen LogP contribution in [0.25, 0.3) is 0 Å². The second-order valence-corrected chi connectivity index (χ2v) is 4.81. The molecule has 0 atom stereocenters. The van der Waals surface area contributed by atoms with E-state index in [2.05, 4.69) is 0 Å². The van der Waals surface area contributed by atoms with Gasteiger partial charge in [0.05, 0.1) is 7.11 Å². The first kappa shape index (κ1) is 11.3. The molecule has 1 aliphatic rings. The summed E-state index contributed by atoms with van der Waals surface area (Å²) in [6, 6.07) is 0. The molecule has 1 fully saturated rings. The lowest BCUT2D eigenvalue weighted by atomic mass is 9.72. The summed E-state index contributed by atoms with van der Waals surface area (Å²) in [5, 5.41) is 0.107. The fraction of sp³-hybridized carbons (Fsp3) is 0.700. The van der Waals surface area contributed by atoms with Crippen molar-refractivity contribution in [3.63, 3.8) is 0 Å². The molecule has 0 N–H and O–H groups in total. The van der Waals surface area contributed by atoms with E-state index >= 15 is 0 Å². The molecule has 1 rings (SSSR count). The lowest BCUT2D eigenvalue weighted by Crippen LogP contribution is -2.41. The van der Waals surface area contributed by atoms with E-state index in [0.29, 0.717) is 12.8 Å². The SMILES string of the molecule is COC(=S)C1C(=O)CC(C)(C)CC1=O. The van der Waals surface area contributed by atoms with Gasteiger partial charge in [-0.25, -0.2) is 0 Å². The van der Waals surface area contributed by atoms with Crippen molar-refractivity contribution in [3.05, 3.63) is 0 Å². The molecule has 1 saturated carbocycles. The fourth-order valence-electron chi connectivity index (χ4n) is 1.77. The number of carbonyl (C=O) groups excluding carboxylic acids is 2. The summed E-state index contributed by atoms with van der Waals surface area (Å²) in [6.45, 7) is 3.82. The van der Waals surface area contributed by atoms with Crippen molar-refractivity contribution in [2.24, 2.45) is 11.3 Å². The summed E-state index contributed by atoms with van der Waals surface area (Å²) in [4.78, 5) is 23.3. The number of hydrogen-bond acceptors (Lipinski definition) is 4. The zero-order valence-corrected chi connectivity index (χ0v) is 9.44. The number of thiocarbonyl (C=S) groups is 1. The number of methoxy groups -OCH3 is 1. The lowest BCUT2D eigenvalue weighted by molar-refractivity contribution is -0.136. The van der Waals surface area contributed by atoms with Crippen molar-refractivity contribution in [1.29, 1.82) is 0 Å². The summed E-state index contributed by atoms with van der Waals surface area (Å²) in [6.07, 6.45) is 0.791. The van der Waals surface area contributed by atoms with Gasteiger partial charge in [0.2, 0.25) is 0 Å². The van der Waals surface area contributed by atoms with Crippen LogP contribution in [0.4, 0.5) is 0 Å².